The van der Waals surface area contributed by atoms with E-state index in [2.05, 4.69) is 45.1 Å². The van der Waals surface area contributed by atoms with E-state index in [-0.39, 0.29) is 56.8 Å². The van der Waals surface area contributed by atoms with Crippen molar-refractivity contribution in [3.8, 4) is 40.1 Å². The van der Waals surface area contributed by atoms with Crippen molar-refractivity contribution >= 4 is 29.5 Å². The first-order chi connectivity index (χ1) is 31.2. The summed E-state index contributed by atoms with van der Waals surface area (Å²) in [6.45, 7) is 7.19. The van der Waals surface area contributed by atoms with Crippen LogP contribution < -0.4 is 42.2 Å². The third-order valence-corrected chi connectivity index (χ3v) is 10.7. The van der Waals surface area contributed by atoms with E-state index in [1.54, 1.807) is 43.3 Å². The average molecular weight is 891 g/mol. The zero-order chi connectivity index (χ0) is 47.2. The fourth-order valence-electron chi connectivity index (χ4n) is 7.42. The Kier molecular flexibility index (Phi) is 17.5. The minimum absolute atomic E-state index is 0.00744. The van der Waals surface area contributed by atoms with Gasteiger partial charge in [0.25, 0.3) is 5.91 Å². The number of nitriles is 1. The van der Waals surface area contributed by atoms with Crippen molar-refractivity contribution in [2.45, 2.75) is 71.1 Å². The van der Waals surface area contributed by atoms with Crippen LogP contribution in [0.25, 0.3) is 22.5 Å². The second-order valence-electron chi connectivity index (χ2n) is 16.1. The van der Waals surface area contributed by atoms with Gasteiger partial charge in [0.2, 0.25) is 23.6 Å². The zero-order valence-corrected chi connectivity index (χ0v) is 37.4. The lowest BCUT2D eigenvalue weighted by molar-refractivity contribution is -0.142. The van der Waals surface area contributed by atoms with Gasteiger partial charge in [-0.1, -0.05) is 50.2 Å². The molecule has 4 unspecified atom stereocenters. The summed E-state index contributed by atoms with van der Waals surface area (Å²) in [4.78, 5) is 80.1. The molecule has 4 aromatic rings. The molecular formula is C47H58N10O8. The molecule has 0 spiro atoms. The highest BCUT2D eigenvalue weighted by Gasteiger charge is 2.36. The number of rotatable bonds is 17. The van der Waals surface area contributed by atoms with Crippen LogP contribution in [-0.2, 0) is 32.0 Å². The number of carbonyl (C=O) groups excluding carboxylic acids is 5. The second-order valence-corrected chi connectivity index (χ2v) is 16.1. The summed E-state index contributed by atoms with van der Waals surface area (Å²) in [7, 11) is 1.37. The Hall–Kier alpha value is -6.94. The molecule has 1 aliphatic heterocycles. The Labute approximate surface area is 378 Å². The fourth-order valence-corrected chi connectivity index (χ4v) is 7.42. The van der Waals surface area contributed by atoms with Crippen molar-refractivity contribution in [3.05, 3.63) is 94.8 Å². The van der Waals surface area contributed by atoms with Gasteiger partial charge in [0.1, 0.15) is 55.4 Å². The van der Waals surface area contributed by atoms with Crippen LogP contribution in [0.1, 0.15) is 66.0 Å². The molecule has 9 N–H and O–H groups in total. The minimum Gasteiger partial charge on any atom is -0.492 e. The van der Waals surface area contributed by atoms with Crippen molar-refractivity contribution < 1.29 is 38.6 Å². The molecule has 18 nitrogen and oxygen atoms in total. The van der Waals surface area contributed by atoms with E-state index in [9.17, 15) is 29.1 Å². The highest BCUT2D eigenvalue weighted by Crippen LogP contribution is 2.40. The summed E-state index contributed by atoms with van der Waals surface area (Å²) < 4.78 is 12.1. The molecular weight excluding hydrogens is 833 g/mol. The Bertz CT molecular complexity index is 2390. The maximum atomic E-state index is 14.6. The van der Waals surface area contributed by atoms with E-state index < -0.39 is 60.3 Å². The molecule has 5 rings (SSSR count). The Morgan fingerprint density at radius 1 is 0.969 bits per heavy atom. The lowest BCUT2D eigenvalue weighted by Gasteiger charge is -2.32. The van der Waals surface area contributed by atoms with Gasteiger partial charge in [-0.25, -0.2) is 9.97 Å². The van der Waals surface area contributed by atoms with Crippen LogP contribution in [0, 0.1) is 24.2 Å². The van der Waals surface area contributed by atoms with Crippen molar-refractivity contribution in [2.24, 2.45) is 17.4 Å². The van der Waals surface area contributed by atoms with E-state index in [0.717, 1.165) is 16.9 Å². The van der Waals surface area contributed by atoms with Gasteiger partial charge in [0, 0.05) is 56.1 Å². The summed E-state index contributed by atoms with van der Waals surface area (Å²) in [6.07, 6.45) is 2.08. The summed E-state index contributed by atoms with van der Waals surface area (Å²) in [5.74, 6) is -1.89. The van der Waals surface area contributed by atoms with Gasteiger partial charge in [-0.15, -0.1) is 0 Å². The predicted molar refractivity (Wildman–Crippen MR) is 242 cm³/mol. The standard InChI is InChI=1S/C47H58N10O8/c1-27(2)22-30-6-9-32(10-7-30)42-52-26-36(28(3)53-42)44(60)55-37(14-19-58)47(63)57(5)41-33-11-13-40(65-21-17-50)35(25-33)34-23-31(8-12-39(34)64-20-16-49)24-38(45(61)51-18-15-48)56-43(59)29(4)54-46(41)62/h6-13,23,25-27,29,37-38,41,58H,14,16-22,24,49-50H2,1-5H3,(H,51,61)(H,54,62)(H,55,60)(H,56,59). The van der Waals surface area contributed by atoms with Gasteiger partial charge in [-0.3, -0.25) is 24.0 Å². The molecule has 3 aromatic carbocycles. The number of likely N-dealkylation sites (N-methyl/N-ethyl adjacent to an activating group) is 1. The molecule has 344 valence electrons. The minimum atomic E-state index is -1.44. The number of ether oxygens (including phenoxy) is 2. The number of carbonyl (C=O) groups is 5. The number of aryl methyl sites for hydroxylation is 1. The summed E-state index contributed by atoms with van der Waals surface area (Å²) >= 11 is 0. The first-order valence-electron chi connectivity index (χ1n) is 21.5. The van der Waals surface area contributed by atoms with Gasteiger partial charge in [0.05, 0.1) is 17.3 Å². The van der Waals surface area contributed by atoms with Crippen LogP contribution in [0.3, 0.4) is 0 Å². The number of aliphatic hydroxyl groups excluding tert-OH is 1. The third-order valence-electron chi connectivity index (χ3n) is 10.7. The van der Waals surface area contributed by atoms with E-state index in [0.29, 0.717) is 45.6 Å². The van der Waals surface area contributed by atoms with Crippen LogP contribution in [-0.4, -0.2) is 114 Å². The average Bonchev–Trinajstić information content (AvgIpc) is 3.28. The molecule has 0 saturated heterocycles. The number of aromatic nitrogens is 2. The third kappa shape index (κ3) is 12.6. The maximum Gasteiger partial charge on any atom is 0.255 e. The SMILES string of the molecule is Cc1nc(-c2ccc(CC(C)C)cc2)ncc1C(=O)NC(CCO)C(=O)N(C)C1C(=O)NC(C)C(=O)NC(C(=O)NCC#N)Cc2ccc(OCCN)c(c2)-c2cc1ccc2OCCN. The quantitative estimate of drug-likeness (QED) is 0.0747. The molecule has 0 fully saturated rings. The predicted octanol–water partition coefficient (Wildman–Crippen LogP) is 1.86. The number of amides is 5. The number of nitrogens with zero attached hydrogens (tertiary/aromatic N) is 4. The lowest BCUT2D eigenvalue weighted by Crippen LogP contribution is -2.56. The van der Waals surface area contributed by atoms with Crippen LogP contribution in [0.2, 0.25) is 0 Å². The Morgan fingerprint density at radius 2 is 1.63 bits per heavy atom. The van der Waals surface area contributed by atoms with Crippen molar-refractivity contribution in [1.82, 2.24) is 36.1 Å². The van der Waals surface area contributed by atoms with Gasteiger partial charge in [0.15, 0.2) is 5.82 Å². The van der Waals surface area contributed by atoms with Crippen LogP contribution in [0.5, 0.6) is 11.5 Å². The zero-order valence-electron chi connectivity index (χ0n) is 37.4. The van der Waals surface area contributed by atoms with Gasteiger partial charge >= 0.3 is 0 Å². The molecule has 0 aliphatic carbocycles. The summed E-state index contributed by atoms with van der Waals surface area (Å²) in [5, 5.41) is 29.9. The first kappa shape index (κ1) is 49.1. The number of fused-ring (bicyclic) bond motifs is 5. The van der Waals surface area contributed by atoms with E-state index in [1.807, 2.05) is 30.3 Å². The topological polar surface area (TPSA) is 277 Å². The van der Waals surface area contributed by atoms with Crippen molar-refractivity contribution in [2.75, 3.05) is 46.5 Å². The van der Waals surface area contributed by atoms with Gasteiger partial charge in [-0.05, 0) is 73.6 Å². The summed E-state index contributed by atoms with van der Waals surface area (Å²) in [5.41, 5.74) is 15.8. The van der Waals surface area contributed by atoms with E-state index >= 15 is 0 Å². The van der Waals surface area contributed by atoms with Crippen LogP contribution in [0.15, 0.2) is 66.9 Å². The highest BCUT2D eigenvalue weighted by molar-refractivity contribution is 6.00. The Morgan fingerprint density at radius 3 is 2.25 bits per heavy atom. The van der Waals surface area contributed by atoms with Crippen LogP contribution in [0.4, 0.5) is 0 Å². The fraction of sp³-hybridized carbons (Fsp3) is 0.404. The number of nitrogens with one attached hydrogen (secondary N) is 4. The molecule has 4 atom stereocenters. The molecule has 0 saturated carbocycles. The lowest BCUT2D eigenvalue weighted by atomic mass is 9.93. The van der Waals surface area contributed by atoms with Crippen molar-refractivity contribution in [3.63, 3.8) is 0 Å². The summed E-state index contributed by atoms with van der Waals surface area (Å²) in [6, 6.07) is 14.6. The normalized spacial score (nSPS) is 16.5. The number of hydrogen-bond acceptors (Lipinski definition) is 13. The molecule has 0 radical (unpaired) electrons. The first-order valence-corrected chi connectivity index (χ1v) is 21.5. The molecule has 4 bridgehead atoms. The van der Waals surface area contributed by atoms with Crippen LogP contribution >= 0.6 is 0 Å². The smallest absolute Gasteiger partial charge is 0.255 e. The molecule has 1 aromatic heterocycles. The second kappa shape index (κ2) is 23.1. The molecule has 2 heterocycles. The maximum absolute atomic E-state index is 14.6. The molecule has 5 amide bonds. The van der Waals surface area contributed by atoms with Gasteiger partial charge < -0.3 is 52.2 Å². The largest absolute Gasteiger partial charge is 0.492 e. The molecule has 18 heteroatoms. The number of hydrogen-bond donors (Lipinski definition) is 7. The van der Waals surface area contributed by atoms with E-state index in [4.69, 9.17) is 26.2 Å². The number of benzene rings is 3. The Balaban J connectivity index is 1.55. The van der Waals surface area contributed by atoms with Gasteiger partial charge in [-0.2, -0.15) is 5.26 Å². The number of nitrogens with two attached hydrogens (primary N) is 2. The molecule has 1 aliphatic rings. The van der Waals surface area contributed by atoms with E-state index in [1.165, 1.54) is 25.7 Å². The monoisotopic (exact) mass is 890 g/mol. The van der Waals surface area contributed by atoms with Crippen molar-refractivity contribution in [1.29, 1.82) is 5.26 Å². The highest BCUT2D eigenvalue weighted by atomic mass is 16.5. The number of aliphatic hydroxyl groups is 1. The molecule has 65 heavy (non-hydrogen) atoms.